The van der Waals surface area contributed by atoms with Gasteiger partial charge in [-0.25, -0.2) is 10.2 Å². The molecule has 0 aliphatic carbocycles. The number of nitrogens with zero attached hydrogens (tertiary/aromatic N) is 1. The summed E-state index contributed by atoms with van der Waals surface area (Å²) in [6.07, 6.45) is 5.33. The van der Waals surface area contributed by atoms with Crippen LogP contribution in [0.5, 0.6) is 11.5 Å². The second-order valence-corrected chi connectivity index (χ2v) is 4.74. The van der Waals surface area contributed by atoms with E-state index in [0.29, 0.717) is 23.7 Å². The highest BCUT2D eigenvalue weighted by Gasteiger charge is 2.08. The van der Waals surface area contributed by atoms with E-state index in [2.05, 4.69) is 10.5 Å². The molecule has 2 aromatic carbocycles. The lowest BCUT2D eigenvalue weighted by atomic mass is 10.2. The van der Waals surface area contributed by atoms with Crippen LogP contribution in [0.1, 0.15) is 11.1 Å². The Hall–Kier alpha value is -3.28. The monoisotopic (exact) mass is 325 g/mol. The lowest BCUT2D eigenvalue weighted by Gasteiger charge is -2.11. The highest BCUT2D eigenvalue weighted by Crippen LogP contribution is 2.30. The molecule has 0 fully saturated rings. The van der Waals surface area contributed by atoms with E-state index in [1.54, 1.807) is 25.3 Å². The summed E-state index contributed by atoms with van der Waals surface area (Å²) < 4.78 is 11.1. The van der Waals surface area contributed by atoms with Crippen LogP contribution in [0.15, 0.2) is 59.7 Å². The normalized spacial score (nSPS) is 10.9. The summed E-state index contributed by atoms with van der Waals surface area (Å²) in [5, 5.41) is 3.75. The van der Waals surface area contributed by atoms with Crippen molar-refractivity contribution < 1.29 is 14.3 Å². The first-order chi connectivity index (χ1) is 11.7. The van der Waals surface area contributed by atoms with Gasteiger partial charge in [-0.2, -0.15) is 5.10 Å². The van der Waals surface area contributed by atoms with Crippen molar-refractivity contribution in [1.82, 2.24) is 5.43 Å². The number of carbonyl (C=O) groups excluding carboxylic acids is 1. The summed E-state index contributed by atoms with van der Waals surface area (Å²) in [6.45, 7) is 0.360. The fourth-order valence-electron chi connectivity index (χ4n) is 1.99. The molecular weight excluding hydrogens is 306 g/mol. The average molecular weight is 325 g/mol. The molecule has 24 heavy (non-hydrogen) atoms. The summed E-state index contributed by atoms with van der Waals surface area (Å²) in [7, 11) is 1.56. The number of hydrogen-bond donors (Lipinski definition) is 2. The number of amides is 2. The number of methoxy groups -OCH3 is 1. The molecule has 3 N–H and O–H groups in total. The fourth-order valence-corrected chi connectivity index (χ4v) is 1.99. The average Bonchev–Trinajstić information content (AvgIpc) is 2.60. The van der Waals surface area contributed by atoms with Gasteiger partial charge in [-0.05, 0) is 23.8 Å². The quantitative estimate of drug-likeness (QED) is 0.606. The minimum Gasteiger partial charge on any atom is -0.493 e. The molecule has 0 aliphatic heterocycles. The first-order valence-electron chi connectivity index (χ1n) is 7.30. The number of urea groups is 1. The standard InChI is InChI=1S/C18H19N3O3/c1-23-16-11-5-10-15(13-20-21-18(19)22)17(16)24-12-6-9-14-7-3-2-4-8-14/h2-11,13H,12H2,1H3,(H3,19,21,22). The Morgan fingerprint density at radius 3 is 2.71 bits per heavy atom. The SMILES string of the molecule is COc1cccc(C=NNC(N)=O)c1OCC=Cc1ccccc1. The molecule has 2 aromatic rings. The van der Waals surface area contributed by atoms with Crippen LogP contribution < -0.4 is 20.6 Å². The van der Waals surface area contributed by atoms with E-state index in [-0.39, 0.29) is 0 Å². The zero-order chi connectivity index (χ0) is 17.2. The zero-order valence-corrected chi connectivity index (χ0v) is 13.3. The number of ether oxygens (including phenoxy) is 2. The van der Waals surface area contributed by atoms with Gasteiger partial charge in [-0.1, -0.05) is 42.5 Å². The highest BCUT2D eigenvalue weighted by molar-refractivity contribution is 5.86. The van der Waals surface area contributed by atoms with Crippen LogP contribution in [0.25, 0.3) is 6.08 Å². The molecular formula is C18H19N3O3. The van der Waals surface area contributed by atoms with Crippen molar-refractivity contribution in [2.45, 2.75) is 0 Å². The second kappa shape index (κ2) is 8.99. The third-order valence-corrected chi connectivity index (χ3v) is 3.04. The Morgan fingerprint density at radius 2 is 2.00 bits per heavy atom. The van der Waals surface area contributed by atoms with E-state index in [1.807, 2.05) is 42.5 Å². The van der Waals surface area contributed by atoms with Gasteiger partial charge >= 0.3 is 6.03 Å². The lowest BCUT2D eigenvalue weighted by Crippen LogP contribution is -2.24. The Labute approximate surface area is 140 Å². The largest absolute Gasteiger partial charge is 0.493 e. The Morgan fingerprint density at radius 1 is 1.21 bits per heavy atom. The van der Waals surface area contributed by atoms with E-state index >= 15 is 0 Å². The summed E-state index contributed by atoms with van der Waals surface area (Å²) in [5.41, 5.74) is 8.88. The Kier molecular flexibility index (Phi) is 6.40. The minimum absolute atomic E-state index is 0.360. The predicted octanol–water partition coefficient (Wildman–Crippen LogP) is 2.79. The number of para-hydroxylation sites is 1. The van der Waals surface area contributed by atoms with Crippen LogP contribution in [0.2, 0.25) is 0 Å². The molecule has 0 saturated carbocycles. The van der Waals surface area contributed by atoms with Crippen molar-refractivity contribution in [1.29, 1.82) is 0 Å². The summed E-state index contributed by atoms with van der Waals surface area (Å²) in [4.78, 5) is 10.7. The maximum Gasteiger partial charge on any atom is 0.332 e. The van der Waals surface area contributed by atoms with E-state index < -0.39 is 6.03 Å². The van der Waals surface area contributed by atoms with E-state index in [9.17, 15) is 4.79 Å². The minimum atomic E-state index is -0.734. The van der Waals surface area contributed by atoms with Crippen molar-refractivity contribution in [3.63, 3.8) is 0 Å². The van der Waals surface area contributed by atoms with Gasteiger partial charge in [0.15, 0.2) is 11.5 Å². The number of carbonyl (C=O) groups is 1. The molecule has 0 atom stereocenters. The third-order valence-electron chi connectivity index (χ3n) is 3.04. The Bertz CT molecular complexity index is 728. The van der Waals surface area contributed by atoms with Crippen LogP contribution in [-0.2, 0) is 0 Å². The van der Waals surface area contributed by atoms with Crippen LogP contribution >= 0.6 is 0 Å². The Balaban J connectivity index is 2.08. The smallest absolute Gasteiger partial charge is 0.332 e. The number of hydrazone groups is 1. The van der Waals surface area contributed by atoms with Gasteiger partial charge in [0, 0.05) is 5.56 Å². The number of primary amides is 1. The predicted molar refractivity (Wildman–Crippen MR) is 94.3 cm³/mol. The van der Waals surface area contributed by atoms with Crippen molar-refractivity contribution in [3.05, 3.63) is 65.7 Å². The second-order valence-electron chi connectivity index (χ2n) is 4.74. The van der Waals surface area contributed by atoms with Crippen molar-refractivity contribution >= 4 is 18.3 Å². The van der Waals surface area contributed by atoms with Gasteiger partial charge in [-0.3, -0.25) is 0 Å². The summed E-state index contributed by atoms with van der Waals surface area (Å²) >= 11 is 0. The molecule has 2 rings (SSSR count). The zero-order valence-electron chi connectivity index (χ0n) is 13.3. The van der Waals surface area contributed by atoms with Crippen LogP contribution in [0.3, 0.4) is 0 Å². The maximum atomic E-state index is 10.7. The number of rotatable bonds is 7. The number of hydrogen-bond acceptors (Lipinski definition) is 4. The van der Waals surface area contributed by atoms with Crippen molar-refractivity contribution in [3.8, 4) is 11.5 Å². The molecule has 0 aromatic heterocycles. The van der Waals surface area contributed by atoms with Crippen LogP contribution in [0, 0.1) is 0 Å². The molecule has 0 radical (unpaired) electrons. The first kappa shape index (κ1) is 17.1. The topological polar surface area (TPSA) is 85.9 Å². The first-order valence-corrected chi connectivity index (χ1v) is 7.30. The maximum absolute atomic E-state index is 10.7. The number of benzene rings is 2. The fraction of sp³-hybridized carbons (Fsp3) is 0.111. The van der Waals surface area contributed by atoms with Gasteiger partial charge in [0.05, 0.1) is 13.3 Å². The van der Waals surface area contributed by atoms with Crippen molar-refractivity contribution in [2.24, 2.45) is 10.8 Å². The molecule has 0 bridgehead atoms. The molecule has 6 nitrogen and oxygen atoms in total. The van der Waals surface area contributed by atoms with Gasteiger partial charge < -0.3 is 15.2 Å². The molecule has 6 heteroatoms. The molecule has 0 saturated heterocycles. The summed E-state index contributed by atoms with van der Waals surface area (Å²) in [6, 6.07) is 14.6. The molecule has 0 heterocycles. The molecule has 2 amide bonds. The molecule has 0 unspecified atom stereocenters. The van der Waals surface area contributed by atoms with Gasteiger partial charge in [-0.15, -0.1) is 0 Å². The van der Waals surface area contributed by atoms with Gasteiger partial charge in [0.1, 0.15) is 6.61 Å². The van der Waals surface area contributed by atoms with Crippen LogP contribution in [-0.4, -0.2) is 26.0 Å². The number of nitrogens with one attached hydrogen (secondary N) is 1. The van der Waals surface area contributed by atoms with Crippen LogP contribution in [0.4, 0.5) is 4.79 Å². The van der Waals surface area contributed by atoms with Gasteiger partial charge in [0.2, 0.25) is 0 Å². The molecule has 0 aliphatic rings. The van der Waals surface area contributed by atoms with E-state index in [4.69, 9.17) is 15.2 Å². The van der Waals surface area contributed by atoms with Gasteiger partial charge in [0.25, 0.3) is 0 Å². The highest BCUT2D eigenvalue weighted by atomic mass is 16.5. The van der Waals surface area contributed by atoms with E-state index in [1.165, 1.54) is 6.21 Å². The summed E-state index contributed by atoms with van der Waals surface area (Å²) in [5.74, 6) is 1.11. The molecule has 0 spiro atoms. The lowest BCUT2D eigenvalue weighted by molar-refractivity contribution is 0.249. The number of nitrogens with two attached hydrogens (primary N) is 1. The van der Waals surface area contributed by atoms with Crippen molar-refractivity contribution in [2.75, 3.05) is 13.7 Å². The molecule has 124 valence electrons. The third kappa shape index (κ3) is 5.17. The van der Waals surface area contributed by atoms with E-state index in [0.717, 1.165) is 5.56 Å².